The number of imidazole rings is 1. The van der Waals surface area contributed by atoms with Gasteiger partial charge in [-0.2, -0.15) is 0 Å². The smallest absolute Gasteiger partial charge is 0.326 e. The highest BCUT2D eigenvalue weighted by molar-refractivity contribution is 9.10. The van der Waals surface area contributed by atoms with Gasteiger partial charge in [0.25, 0.3) is 0 Å². The largest absolute Gasteiger partial charge is 0.354 e. The lowest BCUT2D eigenvalue weighted by Crippen LogP contribution is -2.39. The number of fused-ring (bicyclic) bond motifs is 1. The summed E-state index contributed by atoms with van der Waals surface area (Å²) in [6, 6.07) is 15.4. The summed E-state index contributed by atoms with van der Waals surface area (Å²) in [5, 5.41) is 2.94. The van der Waals surface area contributed by atoms with Crippen LogP contribution >= 0.6 is 15.9 Å². The average molecular weight is 402 g/mol. The van der Waals surface area contributed by atoms with E-state index in [1.54, 1.807) is 0 Å². The average Bonchev–Trinajstić information content (AvgIpc) is 2.89. The fourth-order valence-corrected chi connectivity index (χ4v) is 3.05. The molecule has 2 aromatic carbocycles. The summed E-state index contributed by atoms with van der Waals surface area (Å²) in [6.07, 6.45) is 0. The molecule has 0 aliphatic carbocycles. The van der Waals surface area contributed by atoms with Crippen molar-refractivity contribution in [1.82, 2.24) is 14.9 Å². The summed E-state index contributed by atoms with van der Waals surface area (Å²) >= 11 is 3.43. The maximum Gasteiger partial charge on any atom is 0.326 e. The molecule has 0 unspecified atom stereocenters. The van der Waals surface area contributed by atoms with Crippen molar-refractivity contribution in [1.29, 1.82) is 0 Å². The number of hydrogen-bond acceptors (Lipinski definition) is 2. The lowest BCUT2D eigenvalue weighted by atomic mass is 9.84. The van der Waals surface area contributed by atoms with Gasteiger partial charge >= 0.3 is 5.69 Å². The van der Waals surface area contributed by atoms with Crippen LogP contribution in [0.5, 0.6) is 0 Å². The topological polar surface area (TPSA) is 66.9 Å². The van der Waals surface area contributed by atoms with E-state index in [1.807, 2.05) is 48.5 Å². The Morgan fingerprint density at radius 1 is 1.16 bits per heavy atom. The zero-order valence-electron chi connectivity index (χ0n) is 14.2. The van der Waals surface area contributed by atoms with Crippen LogP contribution in [-0.4, -0.2) is 22.0 Å². The SMILES string of the molecule is CC(C)(CNC(=O)Cn1c(=O)[nH]c2ccccc21)c1ccc(Br)cc1. The molecule has 0 aliphatic rings. The van der Waals surface area contributed by atoms with E-state index in [9.17, 15) is 9.59 Å². The van der Waals surface area contributed by atoms with Crippen molar-refractivity contribution >= 4 is 32.9 Å². The van der Waals surface area contributed by atoms with Crippen molar-refractivity contribution in [3.8, 4) is 0 Å². The molecule has 130 valence electrons. The number of H-pyrrole nitrogens is 1. The number of aromatic nitrogens is 2. The van der Waals surface area contributed by atoms with E-state index in [0.717, 1.165) is 21.1 Å². The van der Waals surface area contributed by atoms with Gasteiger partial charge in [0.1, 0.15) is 6.54 Å². The first-order chi connectivity index (χ1) is 11.9. The van der Waals surface area contributed by atoms with Gasteiger partial charge in [-0.1, -0.05) is 54.0 Å². The van der Waals surface area contributed by atoms with E-state index in [4.69, 9.17) is 0 Å². The predicted molar refractivity (Wildman–Crippen MR) is 103 cm³/mol. The van der Waals surface area contributed by atoms with Crippen LogP contribution in [0.15, 0.2) is 57.8 Å². The lowest BCUT2D eigenvalue weighted by molar-refractivity contribution is -0.121. The summed E-state index contributed by atoms with van der Waals surface area (Å²) in [5.74, 6) is -0.183. The maximum atomic E-state index is 12.3. The molecule has 5 nitrogen and oxygen atoms in total. The Balaban J connectivity index is 1.69. The van der Waals surface area contributed by atoms with Gasteiger partial charge in [0.2, 0.25) is 5.91 Å². The Labute approximate surface area is 154 Å². The standard InChI is InChI=1S/C19H20BrN3O2/c1-19(2,13-7-9-14(20)10-8-13)12-21-17(24)11-23-16-6-4-3-5-15(16)22-18(23)25/h3-10H,11-12H2,1-2H3,(H,21,24)(H,22,25). The second kappa shape index (κ2) is 6.88. The summed E-state index contributed by atoms with van der Waals surface area (Å²) in [7, 11) is 0. The molecule has 0 saturated heterocycles. The van der Waals surface area contributed by atoms with Crippen molar-refractivity contribution in [3.63, 3.8) is 0 Å². The number of carbonyl (C=O) groups excluding carboxylic acids is 1. The first-order valence-corrected chi connectivity index (χ1v) is 8.86. The molecule has 0 fully saturated rings. The molecule has 25 heavy (non-hydrogen) atoms. The molecule has 0 spiro atoms. The van der Waals surface area contributed by atoms with Crippen molar-refractivity contribution in [2.75, 3.05) is 6.54 Å². The molecule has 6 heteroatoms. The van der Waals surface area contributed by atoms with E-state index in [-0.39, 0.29) is 23.6 Å². The number of hydrogen-bond donors (Lipinski definition) is 2. The van der Waals surface area contributed by atoms with E-state index in [1.165, 1.54) is 4.57 Å². The lowest BCUT2D eigenvalue weighted by Gasteiger charge is -2.25. The molecule has 0 atom stereocenters. The summed E-state index contributed by atoms with van der Waals surface area (Å²) in [5.41, 5.74) is 2.12. The summed E-state index contributed by atoms with van der Waals surface area (Å²) in [6.45, 7) is 4.65. The minimum atomic E-state index is -0.275. The second-order valence-electron chi connectivity index (χ2n) is 6.70. The molecule has 1 aromatic heterocycles. The first kappa shape index (κ1) is 17.5. The number of rotatable bonds is 5. The Morgan fingerprint density at radius 2 is 1.84 bits per heavy atom. The first-order valence-electron chi connectivity index (χ1n) is 8.07. The molecule has 0 bridgehead atoms. The van der Waals surface area contributed by atoms with Gasteiger partial charge in [0.05, 0.1) is 11.0 Å². The Kier molecular flexibility index (Phi) is 4.81. The molecule has 0 saturated carbocycles. The minimum Gasteiger partial charge on any atom is -0.354 e. The highest BCUT2D eigenvalue weighted by Crippen LogP contribution is 2.24. The van der Waals surface area contributed by atoms with Crippen LogP contribution in [0.3, 0.4) is 0 Å². The van der Waals surface area contributed by atoms with Crippen molar-refractivity contribution in [3.05, 3.63) is 69.1 Å². The van der Waals surface area contributed by atoms with Crippen LogP contribution < -0.4 is 11.0 Å². The quantitative estimate of drug-likeness (QED) is 0.689. The van der Waals surface area contributed by atoms with Crippen molar-refractivity contribution in [2.24, 2.45) is 0 Å². The Hall–Kier alpha value is -2.34. The number of aromatic amines is 1. The number of halogens is 1. The summed E-state index contributed by atoms with van der Waals surface area (Å²) < 4.78 is 2.48. The van der Waals surface area contributed by atoms with E-state index >= 15 is 0 Å². The number of nitrogens with zero attached hydrogens (tertiary/aromatic N) is 1. The van der Waals surface area contributed by atoms with Crippen molar-refractivity contribution in [2.45, 2.75) is 25.8 Å². The fourth-order valence-electron chi connectivity index (χ4n) is 2.79. The Morgan fingerprint density at radius 3 is 2.56 bits per heavy atom. The highest BCUT2D eigenvalue weighted by Gasteiger charge is 2.21. The van der Waals surface area contributed by atoms with Gasteiger partial charge in [0.15, 0.2) is 0 Å². The zero-order valence-corrected chi connectivity index (χ0v) is 15.8. The molecule has 1 heterocycles. The molecule has 0 radical (unpaired) electrons. The second-order valence-corrected chi connectivity index (χ2v) is 7.62. The molecule has 0 aliphatic heterocycles. The third kappa shape index (κ3) is 3.85. The number of amides is 1. The molecule has 3 rings (SSSR count). The Bertz CT molecular complexity index is 955. The van der Waals surface area contributed by atoms with Gasteiger partial charge in [-0.25, -0.2) is 4.79 Å². The van der Waals surface area contributed by atoms with Crippen LogP contribution in [0.25, 0.3) is 11.0 Å². The van der Waals surface area contributed by atoms with E-state index < -0.39 is 0 Å². The van der Waals surface area contributed by atoms with Crippen LogP contribution in [0.2, 0.25) is 0 Å². The third-order valence-corrected chi connectivity index (χ3v) is 4.87. The normalized spacial score (nSPS) is 11.6. The van der Waals surface area contributed by atoms with Gasteiger partial charge < -0.3 is 10.3 Å². The number of benzene rings is 2. The summed E-state index contributed by atoms with van der Waals surface area (Å²) in [4.78, 5) is 27.2. The van der Waals surface area contributed by atoms with Crippen LogP contribution in [0.1, 0.15) is 19.4 Å². The molecular weight excluding hydrogens is 382 g/mol. The van der Waals surface area contributed by atoms with Gasteiger partial charge in [-0.05, 0) is 29.8 Å². The zero-order chi connectivity index (χ0) is 18.0. The monoisotopic (exact) mass is 401 g/mol. The highest BCUT2D eigenvalue weighted by atomic mass is 79.9. The van der Waals surface area contributed by atoms with Crippen LogP contribution in [0, 0.1) is 0 Å². The van der Waals surface area contributed by atoms with E-state index in [2.05, 4.69) is 40.1 Å². The third-order valence-electron chi connectivity index (χ3n) is 4.34. The fraction of sp³-hybridized carbons (Fsp3) is 0.263. The molecular formula is C19H20BrN3O2. The van der Waals surface area contributed by atoms with Gasteiger partial charge in [-0.3, -0.25) is 9.36 Å². The predicted octanol–water partition coefficient (Wildman–Crippen LogP) is 3.19. The number of carbonyl (C=O) groups is 1. The van der Waals surface area contributed by atoms with Crippen LogP contribution in [-0.2, 0) is 16.8 Å². The van der Waals surface area contributed by atoms with Crippen LogP contribution in [0.4, 0.5) is 0 Å². The molecule has 1 amide bonds. The van der Waals surface area contributed by atoms with Gasteiger partial charge in [0, 0.05) is 16.4 Å². The number of para-hydroxylation sites is 2. The minimum absolute atomic E-state index is 0.000730. The molecule has 3 aromatic rings. The van der Waals surface area contributed by atoms with Crippen molar-refractivity contribution < 1.29 is 4.79 Å². The maximum absolute atomic E-state index is 12.3. The van der Waals surface area contributed by atoms with Gasteiger partial charge in [-0.15, -0.1) is 0 Å². The van der Waals surface area contributed by atoms with E-state index in [0.29, 0.717) is 6.54 Å². The number of nitrogens with one attached hydrogen (secondary N) is 2. The molecule has 2 N–H and O–H groups in total.